The van der Waals surface area contributed by atoms with Gasteiger partial charge in [-0.15, -0.1) is 0 Å². The van der Waals surface area contributed by atoms with Crippen LogP contribution in [0.4, 0.5) is 0 Å². The van der Waals surface area contributed by atoms with Crippen LogP contribution in [0.15, 0.2) is 30.3 Å². The van der Waals surface area contributed by atoms with Crippen molar-refractivity contribution >= 4 is 0 Å². The van der Waals surface area contributed by atoms with Gasteiger partial charge in [-0.05, 0) is 47.2 Å². The molecule has 0 amide bonds. The zero-order valence-corrected chi connectivity index (χ0v) is 18.1. The Hall–Kier alpha value is -2.60. The maximum Gasteiger partial charge on any atom is 0.203 e. The van der Waals surface area contributed by atoms with E-state index in [1.807, 2.05) is 30.3 Å². The molecular formula is C23H30O6. The second-order valence-electron chi connectivity index (χ2n) is 7.27. The molecule has 0 saturated carbocycles. The average molecular weight is 402 g/mol. The molecule has 1 aliphatic rings. The Morgan fingerprint density at radius 1 is 0.586 bits per heavy atom. The molecule has 3 rings (SSSR count). The van der Waals surface area contributed by atoms with Crippen molar-refractivity contribution in [1.82, 2.24) is 0 Å². The number of hydrogen-bond acceptors (Lipinski definition) is 6. The number of hydrogen-bond donors (Lipinski definition) is 0. The summed E-state index contributed by atoms with van der Waals surface area (Å²) in [7, 11) is 8.12. The lowest BCUT2D eigenvalue weighted by atomic mass is 9.85. The minimum atomic E-state index is -0.100. The van der Waals surface area contributed by atoms with Crippen LogP contribution in [-0.2, 0) is 4.74 Å². The van der Waals surface area contributed by atoms with Gasteiger partial charge < -0.3 is 28.4 Å². The smallest absolute Gasteiger partial charge is 0.203 e. The van der Waals surface area contributed by atoms with Crippen LogP contribution in [0.25, 0.3) is 0 Å². The largest absolute Gasteiger partial charge is 0.493 e. The zero-order chi connectivity index (χ0) is 21.1. The van der Waals surface area contributed by atoms with Gasteiger partial charge in [0.05, 0.1) is 47.8 Å². The molecular weight excluding hydrogens is 372 g/mol. The lowest BCUT2D eigenvalue weighted by molar-refractivity contribution is 0.0286. The van der Waals surface area contributed by atoms with Crippen molar-refractivity contribution in [2.24, 2.45) is 11.8 Å². The van der Waals surface area contributed by atoms with Crippen molar-refractivity contribution in [3.8, 4) is 28.7 Å². The van der Waals surface area contributed by atoms with Crippen LogP contribution in [0.2, 0.25) is 0 Å². The lowest BCUT2D eigenvalue weighted by Gasteiger charge is -2.20. The molecule has 1 aliphatic heterocycles. The van der Waals surface area contributed by atoms with Crippen molar-refractivity contribution in [3.63, 3.8) is 0 Å². The summed E-state index contributed by atoms with van der Waals surface area (Å²) in [5.74, 6) is 3.82. The monoisotopic (exact) mass is 402 g/mol. The molecule has 158 valence electrons. The molecule has 1 fully saturated rings. The maximum atomic E-state index is 6.56. The van der Waals surface area contributed by atoms with Crippen LogP contribution in [-0.4, -0.2) is 35.5 Å². The molecule has 0 unspecified atom stereocenters. The molecule has 0 N–H and O–H groups in total. The third-order valence-corrected chi connectivity index (χ3v) is 5.83. The number of ether oxygens (including phenoxy) is 6. The highest BCUT2D eigenvalue weighted by atomic mass is 16.5. The molecule has 0 radical (unpaired) electrons. The lowest BCUT2D eigenvalue weighted by Crippen LogP contribution is -2.10. The SMILES string of the molecule is COc1ccc([C@H]2O[C@@H](c3cc(OC)c(OC)c(OC)c3)[C@H](C)[C@H]2C)cc1OC. The van der Waals surface area contributed by atoms with Crippen LogP contribution in [0.1, 0.15) is 37.2 Å². The molecule has 0 bridgehead atoms. The van der Waals surface area contributed by atoms with Crippen molar-refractivity contribution in [2.45, 2.75) is 26.1 Å². The molecule has 0 aliphatic carbocycles. The number of benzene rings is 2. The van der Waals surface area contributed by atoms with E-state index in [0.717, 1.165) is 11.1 Å². The summed E-state index contributed by atoms with van der Waals surface area (Å²) in [6.07, 6.45) is -0.161. The molecule has 1 saturated heterocycles. The molecule has 6 heteroatoms. The number of rotatable bonds is 7. The second kappa shape index (κ2) is 8.82. The fourth-order valence-corrected chi connectivity index (χ4v) is 4.02. The molecule has 1 heterocycles. The summed E-state index contributed by atoms with van der Waals surface area (Å²) in [6, 6.07) is 9.87. The quantitative estimate of drug-likeness (QED) is 0.662. The minimum Gasteiger partial charge on any atom is -0.493 e. The van der Waals surface area contributed by atoms with Gasteiger partial charge in [0.2, 0.25) is 5.75 Å². The Morgan fingerprint density at radius 3 is 1.55 bits per heavy atom. The topological polar surface area (TPSA) is 55.4 Å². The predicted octanol–water partition coefficient (Wildman–Crippen LogP) is 4.81. The van der Waals surface area contributed by atoms with Crippen LogP contribution in [0.5, 0.6) is 28.7 Å². The van der Waals surface area contributed by atoms with Gasteiger partial charge in [-0.2, -0.15) is 0 Å². The van der Waals surface area contributed by atoms with E-state index in [9.17, 15) is 0 Å². The van der Waals surface area contributed by atoms with E-state index in [1.54, 1.807) is 35.5 Å². The molecule has 0 aromatic heterocycles. The van der Waals surface area contributed by atoms with E-state index >= 15 is 0 Å². The summed E-state index contributed by atoms with van der Waals surface area (Å²) in [6.45, 7) is 4.42. The highest BCUT2D eigenvalue weighted by molar-refractivity contribution is 5.54. The van der Waals surface area contributed by atoms with Gasteiger partial charge in [-0.25, -0.2) is 0 Å². The van der Waals surface area contributed by atoms with Crippen LogP contribution in [0, 0.1) is 11.8 Å². The Kier molecular flexibility index (Phi) is 6.42. The Labute approximate surface area is 172 Å². The summed E-state index contributed by atoms with van der Waals surface area (Å²) < 4.78 is 33.9. The van der Waals surface area contributed by atoms with Crippen LogP contribution < -0.4 is 23.7 Å². The van der Waals surface area contributed by atoms with Gasteiger partial charge in [0.15, 0.2) is 23.0 Å². The first-order valence-corrected chi connectivity index (χ1v) is 9.66. The number of methoxy groups -OCH3 is 5. The Balaban J connectivity index is 1.96. The highest BCUT2D eigenvalue weighted by Crippen LogP contribution is 2.52. The molecule has 4 atom stereocenters. The van der Waals surface area contributed by atoms with Crippen LogP contribution >= 0.6 is 0 Å². The van der Waals surface area contributed by atoms with Gasteiger partial charge in [-0.1, -0.05) is 19.9 Å². The van der Waals surface area contributed by atoms with Crippen molar-refractivity contribution in [3.05, 3.63) is 41.5 Å². The first-order chi connectivity index (χ1) is 14.0. The van der Waals surface area contributed by atoms with Crippen molar-refractivity contribution in [2.75, 3.05) is 35.5 Å². The summed E-state index contributed by atoms with van der Waals surface area (Å²) in [5, 5.41) is 0. The van der Waals surface area contributed by atoms with E-state index in [1.165, 1.54) is 0 Å². The van der Waals surface area contributed by atoms with E-state index in [4.69, 9.17) is 28.4 Å². The fraction of sp³-hybridized carbons (Fsp3) is 0.478. The first-order valence-electron chi connectivity index (χ1n) is 9.66. The predicted molar refractivity (Wildman–Crippen MR) is 111 cm³/mol. The standard InChI is InChI=1S/C23H30O6/c1-13-14(2)22(16-11-19(26-5)23(28-7)20(12-16)27-6)29-21(13)15-8-9-17(24-3)18(10-15)25-4/h8-14,21-22H,1-7H3/t13-,14-,21+,22-/m1/s1. The first kappa shape index (κ1) is 21.1. The zero-order valence-electron chi connectivity index (χ0n) is 18.1. The summed E-state index contributed by atoms with van der Waals surface area (Å²) >= 11 is 0. The van der Waals surface area contributed by atoms with Crippen molar-refractivity contribution in [1.29, 1.82) is 0 Å². The van der Waals surface area contributed by atoms with E-state index in [2.05, 4.69) is 13.8 Å². The van der Waals surface area contributed by atoms with E-state index in [-0.39, 0.29) is 18.1 Å². The third kappa shape index (κ3) is 3.81. The Bertz CT molecular complexity index is 824. The molecule has 2 aromatic rings. The maximum absolute atomic E-state index is 6.56. The minimum absolute atomic E-state index is 0.0612. The van der Waals surface area contributed by atoms with E-state index < -0.39 is 0 Å². The molecule has 0 spiro atoms. The Morgan fingerprint density at radius 2 is 1.07 bits per heavy atom. The summed E-state index contributed by atoms with van der Waals surface area (Å²) in [5.41, 5.74) is 2.07. The van der Waals surface area contributed by atoms with Gasteiger partial charge in [0.25, 0.3) is 0 Å². The summed E-state index contributed by atoms with van der Waals surface area (Å²) in [4.78, 5) is 0. The third-order valence-electron chi connectivity index (χ3n) is 5.83. The van der Waals surface area contributed by atoms with Gasteiger partial charge in [0.1, 0.15) is 0 Å². The highest BCUT2D eigenvalue weighted by Gasteiger charge is 2.41. The van der Waals surface area contributed by atoms with Crippen molar-refractivity contribution < 1.29 is 28.4 Å². The fourth-order valence-electron chi connectivity index (χ4n) is 4.02. The normalized spacial score (nSPS) is 23.6. The van der Waals surface area contributed by atoms with Gasteiger partial charge >= 0.3 is 0 Å². The van der Waals surface area contributed by atoms with E-state index in [0.29, 0.717) is 34.7 Å². The molecule has 29 heavy (non-hydrogen) atoms. The van der Waals surface area contributed by atoms with Crippen LogP contribution in [0.3, 0.4) is 0 Å². The molecule has 6 nitrogen and oxygen atoms in total. The molecule has 2 aromatic carbocycles. The van der Waals surface area contributed by atoms with Gasteiger partial charge in [0, 0.05) is 0 Å². The second-order valence-corrected chi connectivity index (χ2v) is 7.27. The average Bonchev–Trinajstić information content (AvgIpc) is 3.06. The van der Waals surface area contributed by atoms with Gasteiger partial charge in [-0.3, -0.25) is 0 Å².